The molecular weight excluding hydrogens is 240 g/mol. The van der Waals surface area contributed by atoms with Gasteiger partial charge in [-0.25, -0.2) is 4.98 Å². The molecule has 0 spiro atoms. The first kappa shape index (κ1) is 11.5. The molecule has 2 heterocycles. The van der Waals surface area contributed by atoms with Crippen molar-refractivity contribution in [1.82, 2.24) is 15.2 Å². The number of nitrogens with one attached hydrogen (secondary N) is 1. The van der Waals surface area contributed by atoms with Crippen LogP contribution in [0.4, 0.5) is 5.13 Å². The van der Waals surface area contributed by atoms with Crippen molar-refractivity contribution >= 4 is 27.8 Å². The first-order chi connectivity index (χ1) is 7.83. The third kappa shape index (κ3) is 2.56. The van der Waals surface area contributed by atoms with Gasteiger partial charge in [-0.1, -0.05) is 25.2 Å². The van der Waals surface area contributed by atoms with E-state index < -0.39 is 0 Å². The first-order valence-corrected chi connectivity index (χ1v) is 6.99. The van der Waals surface area contributed by atoms with Crippen LogP contribution in [0.25, 0.3) is 9.88 Å². The number of rotatable bonds is 5. The number of aromatic nitrogens is 3. The fraction of sp³-hybridized carbons (Fsp3) is 0.500. The topological polar surface area (TPSA) is 50.7 Å². The number of hydrogen-bond donors (Lipinski definition) is 1. The zero-order valence-corrected chi connectivity index (χ0v) is 11.0. The van der Waals surface area contributed by atoms with Crippen LogP contribution in [0.3, 0.4) is 0 Å². The van der Waals surface area contributed by atoms with Crippen molar-refractivity contribution in [2.45, 2.75) is 26.7 Å². The maximum absolute atomic E-state index is 4.32. The van der Waals surface area contributed by atoms with Crippen molar-refractivity contribution in [3.05, 3.63) is 11.2 Å². The smallest absolute Gasteiger partial charge is 0.206 e. The summed E-state index contributed by atoms with van der Waals surface area (Å²) in [5.41, 5.74) is 0. The van der Waals surface area contributed by atoms with Gasteiger partial charge in [0.15, 0.2) is 5.01 Å². The van der Waals surface area contributed by atoms with Crippen LogP contribution in [-0.2, 0) is 6.42 Å². The predicted molar refractivity (Wildman–Crippen MR) is 69.2 cm³/mol. The van der Waals surface area contributed by atoms with E-state index in [1.807, 2.05) is 6.20 Å². The highest BCUT2D eigenvalue weighted by atomic mass is 32.1. The van der Waals surface area contributed by atoms with Crippen LogP contribution in [0.2, 0.25) is 0 Å². The van der Waals surface area contributed by atoms with Gasteiger partial charge in [-0.05, 0) is 12.8 Å². The van der Waals surface area contributed by atoms with Gasteiger partial charge in [-0.2, -0.15) is 0 Å². The van der Waals surface area contributed by atoms with Crippen molar-refractivity contribution in [2.75, 3.05) is 11.9 Å². The van der Waals surface area contributed by atoms with Crippen LogP contribution in [0.1, 0.15) is 25.3 Å². The molecule has 0 bridgehead atoms. The molecule has 0 atom stereocenters. The molecule has 2 aromatic heterocycles. The molecule has 2 rings (SSSR count). The lowest BCUT2D eigenvalue weighted by Gasteiger charge is -1.94. The van der Waals surface area contributed by atoms with E-state index >= 15 is 0 Å². The normalized spacial score (nSPS) is 10.6. The Morgan fingerprint density at radius 2 is 2.12 bits per heavy atom. The van der Waals surface area contributed by atoms with E-state index in [0.717, 1.165) is 39.4 Å². The van der Waals surface area contributed by atoms with E-state index in [0.29, 0.717) is 0 Å². The molecule has 0 amide bonds. The molecule has 0 aromatic carbocycles. The lowest BCUT2D eigenvalue weighted by molar-refractivity contribution is 0.964. The summed E-state index contributed by atoms with van der Waals surface area (Å²) in [4.78, 5) is 5.43. The second-order valence-corrected chi connectivity index (χ2v) is 5.40. The van der Waals surface area contributed by atoms with E-state index in [2.05, 4.69) is 34.3 Å². The molecule has 4 nitrogen and oxygen atoms in total. The van der Waals surface area contributed by atoms with Crippen molar-refractivity contribution in [3.63, 3.8) is 0 Å². The van der Waals surface area contributed by atoms with Gasteiger partial charge < -0.3 is 5.32 Å². The van der Waals surface area contributed by atoms with Crippen LogP contribution in [0, 0.1) is 0 Å². The maximum Gasteiger partial charge on any atom is 0.206 e. The van der Waals surface area contributed by atoms with Gasteiger partial charge in [0, 0.05) is 12.7 Å². The van der Waals surface area contributed by atoms with Crippen LogP contribution in [0.15, 0.2) is 6.20 Å². The third-order valence-electron chi connectivity index (χ3n) is 2.02. The average molecular weight is 254 g/mol. The van der Waals surface area contributed by atoms with Gasteiger partial charge in [-0.3, -0.25) is 0 Å². The second-order valence-electron chi connectivity index (χ2n) is 3.31. The Balaban J connectivity index is 2.11. The molecule has 0 aliphatic heterocycles. The molecule has 16 heavy (non-hydrogen) atoms. The molecule has 2 aromatic rings. The Morgan fingerprint density at radius 3 is 2.81 bits per heavy atom. The number of thiazole rings is 1. The average Bonchev–Trinajstić information content (AvgIpc) is 2.94. The van der Waals surface area contributed by atoms with Crippen molar-refractivity contribution in [1.29, 1.82) is 0 Å². The van der Waals surface area contributed by atoms with E-state index in [4.69, 9.17) is 0 Å². The maximum atomic E-state index is 4.32. The van der Waals surface area contributed by atoms with Gasteiger partial charge in [0.1, 0.15) is 0 Å². The van der Waals surface area contributed by atoms with Gasteiger partial charge in [0.25, 0.3) is 0 Å². The predicted octanol–water partition coefficient (Wildman–Crippen LogP) is 3.05. The minimum atomic E-state index is 0.892. The quantitative estimate of drug-likeness (QED) is 0.891. The highest BCUT2D eigenvalue weighted by Gasteiger charge is 2.09. The number of nitrogens with zero attached hydrogens (tertiary/aromatic N) is 3. The van der Waals surface area contributed by atoms with Gasteiger partial charge in [-0.15, -0.1) is 21.5 Å². The van der Waals surface area contributed by atoms with Crippen LogP contribution < -0.4 is 5.32 Å². The number of anilines is 1. The molecule has 0 unspecified atom stereocenters. The molecule has 0 aliphatic rings. The summed E-state index contributed by atoms with van der Waals surface area (Å²) in [6, 6.07) is 0. The zero-order chi connectivity index (χ0) is 11.4. The summed E-state index contributed by atoms with van der Waals surface area (Å²) in [5, 5.41) is 14.5. The van der Waals surface area contributed by atoms with Gasteiger partial charge in [0.05, 0.1) is 9.88 Å². The summed E-state index contributed by atoms with van der Waals surface area (Å²) < 4.78 is 0. The molecule has 0 fully saturated rings. The molecule has 86 valence electrons. The Labute approximate surface area is 103 Å². The summed E-state index contributed by atoms with van der Waals surface area (Å²) in [7, 11) is 0. The lowest BCUT2D eigenvalue weighted by atomic mass is 10.5. The summed E-state index contributed by atoms with van der Waals surface area (Å²) >= 11 is 3.28. The number of hydrogen-bond acceptors (Lipinski definition) is 6. The fourth-order valence-corrected chi connectivity index (χ4v) is 2.86. The summed E-state index contributed by atoms with van der Waals surface area (Å²) in [5.74, 6) is 0. The molecule has 0 radical (unpaired) electrons. The molecule has 0 saturated heterocycles. The Morgan fingerprint density at radius 1 is 1.25 bits per heavy atom. The highest BCUT2D eigenvalue weighted by Crippen LogP contribution is 2.30. The fourth-order valence-electron chi connectivity index (χ4n) is 1.20. The molecule has 0 aliphatic carbocycles. The Hall–Kier alpha value is -1.01. The SMILES string of the molecule is CCCNc1nnc(-c2cnc(CC)s2)s1. The van der Waals surface area contributed by atoms with E-state index in [9.17, 15) is 0 Å². The Kier molecular flexibility index (Phi) is 3.84. The minimum absolute atomic E-state index is 0.892. The standard InChI is InChI=1S/C10H14N4S2/c1-3-5-11-10-14-13-9(16-10)7-6-12-8(4-2)15-7/h6H,3-5H2,1-2H3,(H,11,14). The van der Waals surface area contributed by atoms with Crippen molar-refractivity contribution in [3.8, 4) is 9.88 Å². The third-order valence-corrected chi connectivity index (χ3v) is 4.21. The monoisotopic (exact) mass is 254 g/mol. The van der Waals surface area contributed by atoms with Gasteiger partial charge in [0.2, 0.25) is 5.13 Å². The van der Waals surface area contributed by atoms with E-state index in [1.54, 1.807) is 22.7 Å². The van der Waals surface area contributed by atoms with Crippen molar-refractivity contribution in [2.24, 2.45) is 0 Å². The lowest BCUT2D eigenvalue weighted by Crippen LogP contribution is -1.98. The van der Waals surface area contributed by atoms with Crippen molar-refractivity contribution < 1.29 is 0 Å². The first-order valence-electron chi connectivity index (χ1n) is 5.36. The van der Waals surface area contributed by atoms with Crippen LogP contribution >= 0.6 is 22.7 Å². The summed E-state index contributed by atoms with van der Waals surface area (Å²) in [6.45, 7) is 5.18. The largest absolute Gasteiger partial charge is 0.360 e. The molecular formula is C10H14N4S2. The van der Waals surface area contributed by atoms with Crippen LogP contribution in [-0.4, -0.2) is 21.7 Å². The van der Waals surface area contributed by atoms with E-state index in [1.165, 1.54) is 0 Å². The number of aryl methyl sites for hydroxylation is 1. The minimum Gasteiger partial charge on any atom is -0.360 e. The molecule has 0 saturated carbocycles. The van der Waals surface area contributed by atoms with Crippen LogP contribution in [0.5, 0.6) is 0 Å². The second kappa shape index (κ2) is 5.36. The molecule has 1 N–H and O–H groups in total. The summed E-state index contributed by atoms with van der Waals surface area (Å²) in [6.07, 6.45) is 3.95. The van der Waals surface area contributed by atoms with Gasteiger partial charge >= 0.3 is 0 Å². The molecule has 6 heteroatoms. The Bertz CT molecular complexity index is 449. The highest BCUT2D eigenvalue weighted by molar-refractivity contribution is 7.23. The van der Waals surface area contributed by atoms with E-state index in [-0.39, 0.29) is 0 Å². The zero-order valence-electron chi connectivity index (χ0n) is 9.36.